The molecule has 0 saturated heterocycles. The largest absolute Gasteiger partial charge is 0.480 e. The lowest BCUT2D eigenvalue weighted by molar-refractivity contribution is -0.144. The third-order valence-electron chi connectivity index (χ3n) is 2.94. The summed E-state index contributed by atoms with van der Waals surface area (Å²) in [6.07, 6.45) is 3.62. The van der Waals surface area contributed by atoms with Crippen LogP contribution < -0.4 is 10.9 Å². The van der Waals surface area contributed by atoms with Crippen LogP contribution in [-0.4, -0.2) is 38.9 Å². The Morgan fingerprint density at radius 1 is 1.60 bits per heavy atom. The van der Waals surface area contributed by atoms with Gasteiger partial charge in [0, 0.05) is 18.0 Å². The number of rotatable bonds is 9. The molecule has 1 rings (SSSR count). The van der Waals surface area contributed by atoms with E-state index >= 15 is 0 Å². The van der Waals surface area contributed by atoms with Crippen molar-refractivity contribution in [3.8, 4) is 0 Å². The minimum Gasteiger partial charge on any atom is -0.480 e. The fourth-order valence-electron chi connectivity index (χ4n) is 1.69. The van der Waals surface area contributed by atoms with Crippen molar-refractivity contribution in [2.24, 2.45) is 0 Å². The standard InChI is InChI=1S/C13H21N3O3S/c1-3-7-15-13(2,11(18)19)6-4-9-20-12-14-8-5-10(17)16-12/h5,8,15H,3-4,6-7,9H2,1-2H3,(H,18,19)(H,14,16,17). The number of H-pyrrole nitrogens is 1. The number of nitrogens with one attached hydrogen (secondary N) is 2. The van der Waals surface area contributed by atoms with Crippen LogP contribution in [0.5, 0.6) is 0 Å². The molecule has 0 aliphatic carbocycles. The van der Waals surface area contributed by atoms with E-state index in [1.54, 1.807) is 6.92 Å². The average molecular weight is 299 g/mol. The van der Waals surface area contributed by atoms with E-state index in [0.717, 1.165) is 12.8 Å². The molecule has 6 nitrogen and oxygen atoms in total. The van der Waals surface area contributed by atoms with Crippen molar-refractivity contribution in [3.05, 3.63) is 22.6 Å². The molecule has 0 fully saturated rings. The second-order valence-corrected chi connectivity index (χ2v) is 5.84. The SMILES string of the molecule is CCCNC(C)(CCCSc1nccc(=O)[nH]1)C(=O)O. The molecule has 0 aliphatic rings. The molecule has 0 aliphatic heterocycles. The van der Waals surface area contributed by atoms with Gasteiger partial charge in [-0.3, -0.25) is 9.59 Å². The summed E-state index contributed by atoms with van der Waals surface area (Å²) in [6.45, 7) is 4.39. The summed E-state index contributed by atoms with van der Waals surface area (Å²) < 4.78 is 0. The number of aliphatic carboxylic acids is 1. The minimum absolute atomic E-state index is 0.178. The van der Waals surface area contributed by atoms with Crippen molar-refractivity contribution >= 4 is 17.7 Å². The van der Waals surface area contributed by atoms with Crippen molar-refractivity contribution < 1.29 is 9.90 Å². The molecule has 0 radical (unpaired) electrons. The molecule has 1 atom stereocenters. The summed E-state index contributed by atoms with van der Waals surface area (Å²) in [5, 5.41) is 12.9. The molecular weight excluding hydrogens is 278 g/mol. The lowest BCUT2D eigenvalue weighted by Gasteiger charge is -2.26. The Morgan fingerprint density at radius 2 is 2.35 bits per heavy atom. The van der Waals surface area contributed by atoms with Crippen molar-refractivity contribution in [2.75, 3.05) is 12.3 Å². The number of hydrogen-bond acceptors (Lipinski definition) is 5. The number of carboxylic acids is 1. The highest BCUT2D eigenvalue weighted by Gasteiger charge is 2.31. The van der Waals surface area contributed by atoms with Gasteiger partial charge in [-0.15, -0.1) is 0 Å². The van der Waals surface area contributed by atoms with Crippen LogP contribution in [0, 0.1) is 0 Å². The zero-order valence-corrected chi connectivity index (χ0v) is 12.6. The highest BCUT2D eigenvalue weighted by atomic mass is 32.2. The molecule has 0 spiro atoms. The summed E-state index contributed by atoms with van der Waals surface area (Å²) in [4.78, 5) is 29.1. The molecule has 20 heavy (non-hydrogen) atoms. The van der Waals surface area contributed by atoms with Crippen molar-refractivity contribution in [2.45, 2.75) is 43.8 Å². The number of carboxylic acid groups (broad SMARTS) is 1. The zero-order valence-electron chi connectivity index (χ0n) is 11.8. The lowest BCUT2D eigenvalue weighted by Crippen LogP contribution is -2.49. The number of nitrogens with zero attached hydrogens (tertiary/aromatic N) is 1. The Bertz CT molecular complexity index is 492. The third-order valence-corrected chi connectivity index (χ3v) is 3.92. The Balaban J connectivity index is 2.41. The predicted octanol–water partition coefficient (Wildman–Crippen LogP) is 1.49. The van der Waals surface area contributed by atoms with Crippen LogP contribution in [0.25, 0.3) is 0 Å². The highest BCUT2D eigenvalue weighted by Crippen LogP contribution is 2.18. The van der Waals surface area contributed by atoms with Crippen LogP contribution in [-0.2, 0) is 4.79 Å². The molecule has 0 saturated carbocycles. The maximum Gasteiger partial charge on any atom is 0.323 e. The van der Waals surface area contributed by atoms with E-state index in [0.29, 0.717) is 23.9 Å². The maximum atomic E-state index is 11.3. The van der Waals surface area contributed by atoms with E-state index in [9.17, 15) is 14.7 Å². The fourth-order valence-corrected chi connectivity index (χ4v) is 2.48. The first kappa shape index (κ1) is 16.7. The van der Waals surface area contributed by atoms with Gasteiger partial charge in [0.2, 0.25) is 0 Å². The quantitative estimate of drug-likeness (QED) is 0.363. The van der Waals surface area contributed by atoms with Crippen LogP contribution in [0.3, 0.4) is 0 Å². The Labute approximate surface area is 122 Å². The summed E-state index contributed by atoms with van der Waals surface area (Å²) in [5.41, 5.74) is -1.07. The molecule has 3 N–H and O–H groups in total. The molecule has 0 amide bonds. The first-order valence-corrected chi connectivity index (χ1v) is 7.63. The number of hydrogen-bond donors (Lipinski definition) is 3. The summed E-state index contributed by atoms with van der Waals surface area (Å²) in [5.74, 6) is -0.119. The van der Waals surface area contributed by atoms with Gasteiger partial charge in [-0.2, -0.15) is 0 Å². The minimum atomic E-state index is -0.895. The first-order valence-electron chi connectivity index (χ1n) is 6.64. The second-order valence-electron chi connectivity index (χ2n) is 4.76. The predicted molar refractivity (Wildman–Crippen MR) is 79.2 cm³/mol. The van der Waals surface area contributed by atoms with Gasteiger partial charge in [0.15, 0.2) is 5.16 Å². The third kappa shape index (κ3) is 5.34. The van der Waals surface area contributed by atoms with Gasteiger partial charge >= 0.3 is 5.97 Å². The molecule has 1 unspecified atom stereocenters. The van der Waals surface area contributed by atoms with E-state index in [1.165, 1.54) is 24.0 Å². The van der Waals surface area contributed by atoms with Crippen LogP contribution in [0.2, 0.25) is 0 Å². The molecular formula is C13H21N3O3S. The van der Waals surface area contributed by atoms with Crippen LogP contribution >= 0.6 is 11.8 Å². The second kappa shape index (κ2) is 8.06. The van der Waals surface area contributed by atoms with Gasteiger partial charge in [0.25, 0.3) is 5.56 Å². The van der Waals surface area contributed by atoms with Gasteiger partial charge in [0.1, 0.15) is 5.54 Å². The van der Waals surface area contributed by atoms with Crippen LogP contribution in [0.15, 0.2) is 22.2 Å². The highest BCUT2D eigenvalue weighted by molar-refractivity contribution is 7.99. The summed E-state index contributed by atoms with van der Waals surface area (Å²) in [6, 6.07) is 1.36. The average Bonchev–Trinajstić information content (AvgIpc) is 2.41. The van der Waals surface area contributed by atoms with Crippen molar-refractivity contribution in [1.82, 2.24) is 15.3 Å². The van der Waals surface area contributed by atoms with E-state index in [4.69, 9.17) is 0 Å². The molecule has 112 valence electrons. The molecule has 1 heterocycles. The number of aromatic nitrogens is 2. The van der Waals surface area contributed by atoms with E-state index in [-0.39, 0.29) is 5.56 Å². The zero-order chi connectivity index (χ0) is 15.0. The van der Waals surface area contributed by atoms with Crippen molar-refractivity contribution in [3.63, 3.8) is 0 Å². The van der Waals surface area contributed by atoms with Crippen LogP contribution in [0.4, 0.5) is 0 Å². The van der Waals surface area contributed by atoms with Gasteiger partial charge in [-0.1, -0.05) is 18.7 Å². The number of thioether (sulfide) groups is 1. The van der Waals surface area contributed by atoms with Gasteiger partial charge < -0.3 is 15.4 Å². The summed E-state index contributed by atoms with van der Waals surface area (Å²) >= 11 is 1.42. The topological polar surface area (TPSA) is 95.1 Å². The number of carbonyl (C=O) groups is 1. The molecule has 0 aromatic carbocycles. The first-order chi connectivity index (χ1) is 9.48. The van der Waals surface area contributed by atoms with Gasteiger partial charge in [-0.25, -0.2) is 4.98 Å². The smallest absolute Gasteiger partial charge is 0.323 e. The maximum absolute atomic E-state index is 11.3. The van der Waals surface area contributed by atoms with Gasteiger partial charge in [0.05, 0.1) is 0 Å². The molecule has 1 aromatic heterocycles. The van der Waals surface area contributed by atoms with E-state index in [1.807, 2.05) is 6.92 Å². The number of aromatic amines is 1. The Morgan fingerprint density at radius 3 is 2.95 bits per heavy atom. The van der Waals surface area contributed by atoms with Gasteiger partial charge in [-0.05, 0) is 32.7 Å². The van der Waals surface area contributed by atoms with E-state index < -0.39 is 11.5 Å². The normalized spacial score (nSPS) is 13.9. The summed E-state index contributed by atoms with van der Waals surface area (Å²) in [7, 11) is 0. The van der Waals surface area contributed by atoms with Crippen LogP contribution in [0.1, 0.15) is 33.1 Å². The lowest BCUT2D eigenvalue weighted by atomic mass is 9.96. The monoisotopic (exact) mass is 299 g/mol. The Kier molecular flexibility index (Phi) is 6.74. The Hall–Kier alpha value is -1.34. The molecule has 0 bridgehead atoms. The molecule has 1 aromatic rings. The van der Waals surface area contributed by atoms with E-state index in [2.05, 4.69) is 15.3 Å². The molecule has 7 heteroatoms. The fraction of sp³-hybridized carbons (Fsp3) is 0.615. The van der Waals surface area contributed by atoms with Crippen molar-refractivity contribution in [1.29, 1.82) is 0 Å².